The highest BCUT2D eigenvalue weighted by Gasteiger charge is 2.17. The summed E-state index contributed by atoms with van der Waals surface area (Å²) in [5.41, 5.74) is 1.28. The van der Waals surface area contributed by atoms with Crippen LogP contribution in [0.4, 0.5) is 0 Å². The molecular formula is C11H16N2O. The van der Waals surface area contributed by atoms with E-state index in [1.807, 2.05) is 24.5 Å². The summed E-state index contributed by atoms with van der Waals surface area (Å²) in [5, 5.41) is 3.54. The first-order valence-corrected chi connectivity index (χ1v) is 5.10. The van der Waals surface area contributed by atoms with Crippen LogP contribution in [0.5, 0.6) is 0 Å². The van der Waals surface area contributed by atoms with E-state index in [0.29, 0.717) is 12.1 Å². The minimum absolute atomic E-state index is 0.379. The third kappa shape index (κ3) is 2.30. The van der Waals surface area contributed by atoms with Gasteiger partial charge in [-0.1, -0.05) is 0 Å². The Morgan fingerprint density at radius 2 is 2.29 bits per heavy atom. The summed E-state index contributed by atoms with van der Waals surface area (Å²) in [4.78, 5) is 4.01. The van der Waals surface area contributed by atoms with Gasteiger partial charge in [-0.05, 0) is 31.0 Å². The Hall–Kier alpha value is -0.930. The van der Waals surface area contributed by atoms with Crippen molar-refractivity contribution in [1.82, 2.24) is 10.3 Å². The van der Waals surface area contributed by atoms with E-state index in [1.165, 1.54) is 5.56 Å². The molecule has 1 aliphatic heterocycles. The number of pyridine rings is 1. The molecule has 0 saturated carbocycles. The minimum atomic E-state index is 0.379. The largest absolute Gasteiger partial charge is 0.380 e. The van der Waals surface area contributed by atoms with Crippen molar-refractivity contribution in [2.75, 3.05) is 13.2 Å². The van der Waals surface area contributed by atoms with Crippen LogP contribution in [-0.2, 0) is 4.74 Å². The molecule has 3 heteroatoms. The quantitative estimate of drug-likeness (QED) is 0.788. The second-order valence-corrected chi connectivity index (χ2v) is 3.73. The van der Waals surface area contributed by atoms with Crippen LogP contribution in [0.3, 0.4) is 0 Å². The zero-order chi connectivity index (χ0) is 9.80. The average Bonchev–Trinajstić information content (AvgIpc) is 2.72. The lowest BCUT2D eigenvalue weighted by Gasteiger charge is -2.18. The van der Waals surface area contributed by atoms with Crippen LogP contribution in [0.2, 0.25) is 0 Å². The molecule has 76 valence electrons. The van der Waals surface area contributed by atoms with Gasteiger partial charge in [-0.25, -0.2) is 0 Å². The van der Waals surface area contributed by atoms with Gasteiger partial charge >= 0.3 is 0 Å². The molecule has 1 aromatic rings. The maximum absolute atomic E-state index is 5.32. The number of nitrogens with zero attached hydrogens (tertiary/aromatic N) is 1. The molecule has 0 bridgehead atoms. The van der Waals surface area contributed by atoms with Gasteiger partial charge in [0.2, 0.25) is 0 Å². The standard InChI is InChI=1S/C11H16N2O/c1-9(10-2-5-12-6-3-10)13-11-4-7-14-8-11/h2-3,5-6,9,11,13H,4,7-8H2,1H3. The topological polar surface area (TPSA) is 34.1 Å². The molecule has 1 aromatic heterocycles. The molecule has 2 unspecified atom stereocenters. The first-order valence-electron chi connectivity index (χ1n) is 5.10. The number of rotatable bonds is 3. The van der Waals surface area contributed by atoms with E-state index < -0.39 is 0 Å². The third-order valence-corrected chi connectivity index (χ3v) is 2.62. The van der Waals surface area contributed by atoms with E-state index in [0.717, 1.165) is 19.6 Å². The van der Waals surface area contributed by atoms with Crippen LogP contribution < -0.4 is 5.32 Å². The monoisotopic (exact) mass is 192 g/mol. The zero-order valence-electron chi connectivity index (χ0n) is 8.44. The first kappa shape index (κ1) is 9.62. The van der Waals surface area contributed by atoms with E-state index in [9.17, 15) is 0 Å². The fourth-order valence-electron chi connectivity index (χ4n) is 1.77. The van der Waals surface area contributed by atoms with Gasteiger partial charge in [0.05, 0.1) is 6.61 Å². The van der Waals surface area contributed by atoms with E-state index in [4.69, 9.17) is 4.74 Å². The second-order valence-electron chi connectivity index (χ2n) is 3.73. The highest BCUT2D eigenvalue weighted by atomic mass is 16.5. The number of ether oxygens (including phenoxy) is 1. The SMILES string of the molecule is CC(NC1CCOC1)c1ccncc1. The van der Waals surface area contributed by atoms with Gasteiger partial charge in [0, 0.05) is 31.1 Å². The van der Waals surface area contributed by atoms with Crippen molar-refractivity contribution in [3.05, 3.63) is 30.1 Å². The molecule has 1 fully saturated rings. The molecule has 1 saturated heterocycles. The minimum Gasteiger partial charge on any atom is -0.380 e. The van der Waals surface area contributed by atoms with E-state index in [-0.39, 0.29) is 0 Å². The Morgan fingerprint density at radius 1 is 1.50 bits per heavy atom. The Bertz CT molecular complexity index is 270. The van der Waals surface area contributed by atoms with Crippen molar-refractivity contribution in [2.24, 2.45) is 0 Å². The molecule has 0 spiro atoms. The Kier molecular flexibility index (Phi) is 3.11. The van der Waals surface area contributed by atoms with Crippen LogP contribution in [0.15, 0.2) is 24.5 Å². The number of hydrogen-bond acceptors (Lipinski definition) is 3. The number of hydrogen-bond donors (Lipinski definition) is 1. The summed E-state index contributed by atoms with van der Waals surface area (Å²) in [6.45, 7) is 3.91. The molecule has 2 rings (SSSR count). The molecule has 0 aromatic carbocycles. The van der Waals surface area contributed by atoms with Crippen molar-refractivity contribution in [2.45, 2.75) is 25.4 Å². The number of nitrogens with one attached hydrogen (secondary N) is 1. The Labute approximate surface area is 84.5 Å². The van der Waals surface area contributed by atoms with Gasteiger partial charge in [-0.15, -0.1) is 0 Å². The van der Waals surface area contributed by atoms with Gasteiger partial charge < -0.3 is 10.1 Å². The summed E-state index contributed by atoms with van der Waals surface area (Å²) >= 11 is 0. The second kappa shape index (κ2) is 4.53. The maximum atomic E-state index is 5.32. The van der Waals surface area contributed by atoms with Crippen LogP contribution in [0.1, 0.15) is 24.9 Å². The fraction of sp³-hybridized carbons (Fsp3) is 0.545. The zero-order valence-corrected chi connectivity index (χ0v) is 8.44. The van der Waals surface area contributed by atoms with Gasteiger partial charge in [-0.3, -0.25) is 4.98 Å². The molecule has 1 aliphatic rings. The van der Waals surface area contributed by atoms with Gasteiger partial charge in [0.15, 0.2) is 0 Å². The van der Waals surface area contributed by atoms with Crippen LogP contribution >= 0.6 is 0 Å². The third-order valence-electron chi connectivity index (χ3n) is 2.62. The van der Waals surface area contributed by atoms with E-state index in [1.54, 1.807) is 0 Å². The molecule has 14 heavy (non-hydrogen) atoms. The predicted molar refractivity (Wildman–Crippen MR) is 55.0 cm³/mol. The fourth-order valence-corrected chi connectivity index (χ4v) is 1.77. The summed E-state index contributed by atoms with van der Waals surface area (Å²) in [5.74, 6) is 0. The van der Waals surface area contributed by atoms with Crippen molar-refractivity contribution in [1.29, 1.82) is 0 Å². The summed E-state index contributed by atoms with van der Waals surface area (Å²) in [6, 6.07) is 4.99. The average molecular weight is 192 g/mol. The molecule has 2 heterocycles. The lowest BCUT2D eigenvalue weighted by Crippen LogP contribution is -2.31. The highest BCUT2D eigenvalue weighted by molar-refractivity contribution is 5.14. The van der Waals surface area contributed by atoms with E-state index >= 15 is 0 Å². The van der Waals surface area contributed by atoms with E-state index in [2.05, 4.69) is 17.2 Å². The van der Waals surface area contributed by atoms with Crippen LogP contribution in [0, 0.1) is 0 Å². The number of aromatic nitrogens is 1. The van der Waals surface area contributed by atoms with Gasteiger partial charge in [0.25, 0.3) is 0 Å². The first-order chi connectivity index (χ1) is 6.86. The van der Waals surface area contributed by atoms with Crippen molar-refractivity contribution in [3.8, 4) is 0 Å². The lowest BCUT2D eigenvalue weighted by molar-refractivity contribution is 0.188. The van der Waals surface area contributed by atoms with Crippen LogP contribution in [0.25, 0.3) is 0 Å². The molecule has 0 amide bonds. The molecule has 0 aliphatic carbocycles. The molecule has 3 nitrogen and oxygen atoms in total. The lowest BCUT2D eigenvalue weighted by atomic mass is 10.1. The molecule has 2 atom stereocenters. The predicted octanol–water partition coefficient (Wildman–Crippen LogP) is 1.52. The van der Waals surface area contributed by atoms with Gasteiger partial charge in [-0.2, -0.15) is 0 Å². The van der Waals surface area contributed by atoms with Crippen molar-refractivity contribution >= 4 is 0 Å². The van der Waals surface area contributed by atoms with Crippen molar-refractivity contribution in [3.63, 3.8) is 0 Å². The summed E-state index contributed by atoms with van der Waals surface area (Å²) < 4.78 is 5.32. The summed E-state index contributed by atoms with van der Waals surface area (Å²) in [7, 11) is 0. The molecular weight excluding hydrogens is 176 g/mol. The molecule has 1 N–H and O–H groups in total. The normalized spacial score (nSPS) is 23.6. The highest BCUT2D eigenvalue weighted by Crippen LogP contribution is 2.14. The summed E-state index contributed by atoms with van der Waals surface area (Å²) in [6.07, 6.45) is 4.78. The van der Waals surface area contributed by atoms with Crippen LogP contribution in [-0.4, -0.2) is 24.2 Å². The Balaban J connectivity index is 1.92. The smallest absolute Gasteiger partial charge is 0.0620 e. The Morgan fingerprint density at radius 3 is 2.93 bits per heavy atom. The van der Waals surface area contributed by atoms with Crippen molar-refractivity contribution < 1.29 is 4.74 Å². The molecule has 0 radical (unpaired) electrons. The van der Waals surface area contributed by atoms with Gasteiger partial charge in [0.1, 0.15) is 0 Å². The maximum Gasteiger partial charge on any atom is 0.0620 e.